The van der Waals surface area contributed by atoms with E-state index < -0.39 is 0 Å². The smallest absolute Gasteiger partial charge is 0.152 e. The SMILES string of the molecule is C/C=C(Cl)\N=C/CCc1cc(C=O)c(NC=NCCCCCC)cccccc1C.CC. The monoisotopic (exact) mass is 457 g/mol. The summed E-state index contributed by atoms with van der Waals surface area (Å²) >= 11 is 5.91. The summed E-state index contributed by atoms with van der Waals surface area (Å²) in [5.41, 5.74) is 3.50. The van der Waals surface area contributed by atoms with E-state index in [2.05, 4.69) is 22.2 Å². The normalized spacial score (nSPS) is 11.1. The molecule has 1 aromatic carbocycles. The Kier molecular flexibility index (Phi) is 18.9. The van der Waals surface area contributed by atoms with Gasteiger partial charge in [-0.05, 0) is 56.4 Å². The summed E-state index contributed by atoms with van der Waals surface area (Å²) in [6.45, 7) is 10.9. The number of nitrogens with zero attached hydrogens (tertiary/aromatic N) is 2. The third-order valence-corrected chi connectivity index (χ3v) is 4.87. The van der Waals surface area contributed by atoms with Crippen molar-refractivity contribution in [2.45, 2.75) is 73.1 Å². The summed E-state index contributed by atoms with van der Waals surface area (Å²) in [5, 5.41) is 3.65. The lowest BCUT2D eigenvalue weighted by Gasteiger charge is -2.05. The van der Waals surface area contributed by atoms with Crippen molar-refractivity contribution in [3.8, 4) is 0 Å². The molecule has 0 aliphatic heterocycles. The molecule has 32 heavy (non-hydrogen) atoms. The molecule has 0 heterocycles. The van der Waals surface area contributed by atoms with Crippen molar-refractivity contribution < 1.29 is 4.79 Å². The minimum Gasteiger partial charge on any atom is -0.346 e. The molecule has 0 atom stereocenters. The molecule has 0 aromatic heterocycles. The van der Waals surface area contributed by atoms with E-state index in [0.717, 1.165) is 48.9 Å². The lowest BCUT2D eigenvalue weighted by Crippen LogP contribution is -2.00. The van der Waals surface area contributed by atoms with E-state index in [1.165, 1.54) is 19.3 Å². The first-order valence-electron chi connectivity index (χ1n) is 11.6. The van der Waals surface area contributed by atoms with Gasteiger partial charge in [0.2, 0.25) is 0 Å². The third kappa shape index (κ3) is 13.8. The maximum Gasteiger partial charge on any atom is 0.152 e. The highest BCUT2D eigenvalue weighted by Gasteiger charge is 2.01. The van der Waals surface area contributed by atoms with Gasteiger partial charge in [0.1, 0.15) is 5.16 Å². The van der Waals surface area contributed by atoms with Crippen LogP contribution in [0.25, 0.3) is 0 Å². The zero-order valence-electron chi connectivity index (χ0n) is 20.4. The number of hydrogen-bond donors (Lipinski definition) is 1. The maximum atomic E-state index is 11.8. The molecule has 0 aliphatic rings. The van der Waals surface area contributed by atoms with E-state index in [1.807, 2.05) is 64.1 Å². The van der Waals surface area contributed by atoms with Crippen LogP contribution in [0.4, 0.5) is 5.69 Å². The summed E-state index contributed by atoms with van der Waals surface area (Å²) in [6.07, 6.45) is 12.3. The van der Waals surface area contributed by atoms with Crippen LogP contribution in [0.2, 0.25) is 0 Å². The van der Waals surface area contributed by atoms with Crippen LogP contribution in [0.5, 0.6) is 0 Å². The zero-order chi connectivity index (χ0) is 24.0. The van der Waals surface area contributed by atoms with Crippen LogP contribution in [0.1, 0.15) is 81.3 Å². The van der Waals surface area contributed by atoms with Crippen LogP contribution in [-0.2, 0) is 6.42 Å². The lowest BCUT2D eigenvalue weighted by molar-refractivity contribution is 0.112. The van der Waals surface area contributed by atoms with Crippen molar-refractivity contribution in [2.24, 2.45) is 9.98 Å². The van der Waals surface area contributed by atoms with Gasteiger partial charge in [-0.25, -0.2) is 4.99 Å². The van der Waals surface area contributed by atoms with Gasteiger partial charge in [0, 0.05) is 24.0 Å². The first kappa shape index (κ1) is 29.5. The Balaban J connectivity index is 0.00000466. The number of nitrogens with one attached hydrogen (secondary N) is 1. The van der Waals surface area contributed by atoms with Crippen LogP contribution >= 0.6 is 11.6 Å². The molecule has 0 saturated heterocycles. The Morgan fingerprint density at radius 3 is 2.56 bits per heavy atom. The molecule has 0 aliphatic carbocycles. The fourth-order valence-corrected chi connectivity index (χ4v) is 2.82. The second kappa shape index (κ2) is 20.4. The zero-order valence-corrected chi connectivity index (χ0v) is 21.2. The third-order valence-electron chi connectivity index (χ3n) is 4.55. The Morgan fingerprint density at radius 2 is 1.88 bits per heavy atom. The van der Waals surface area contributed by atoms with Gasteiger partial charge in [-0.1, -0.05) is 82.0 Å². The molecule has 0 fully saturated rings. The molecule has 0 saturated carbocycles. The Morgan fingerprint density at radius 1 is 1.12 bits per heavy atom. The number of halogens is 1. The van der Waals surface area contributed by atoms with Crippen molar-refractivity contribution in [3.05, 3.63) is 64.3 Å². The molecule has 0 amide bonds. The Bertz CT molecular complexity index is 799. The van der Waals surface area contributed by atoms with Gasteiger partial charge >= 0.3 is 0 Å². The van der Waals surface area contributed by atoms with Gasteiger partial charge in [-0.3, -0.25) is 9.79 Å². The van der Waals surface area contributed by atoms with Gasteiger partial charge in [-0.15, -0.1) is 0 Å². The number of aryl methyl sites for hydroxylation is 2. The second-order valence-electron chi connectivity index (χ2n) is 6.95. The van der Waals surface area contributed by atoms with E-state index in [0.29, 0.717) is 10.7 Å². The van der Waals surface area contributed by atoms with E-state index in [4.69, 9.17) is 11.6 Å². The molecule has 1 aromatic rings. The molecule has 0 spiro atoms. The number of carbonyl (C=O) groups is 1. The fraction of sp³-hybridized carbons (Fsp3) is 0.444. The fourth-order valence-electron chi connectivity index (χ4n) is 2.75. The first-order valence-corrected chi connectivity index (χ1v) is 12.0. The van der Waals surface area contributed by atoms with Crippen LogP contribution in [0.15, 0.2) is 57.6 Å². The molecular weight excluding hydrogens is 418 g/mol. The average Bonchev–Trinajstić information content (AvgIpc) is 2.82. The molecule has 4 nitrogen and oxygen atoms in total. The van der Waals surface area contributed by atoms with Gasteiger partial charge in [0.15, 0.2) is 6.29 Å². The van der Waals surface area contributed by atoms with E-state index in [9.17, 15) is 4.79 Å². The van der Waals surface area contributed by atoms with Crippen LogP contribution in [-0.4, -0.2) is 25.4 Å². The van der Waals surface area contributed by atoms with Crippen molar-refractivity contribution in [1.29, 1.82) is 0 Å². The highest BCUT2D eigenvalue weighted by Crippen LogP contribution is 2.15. The predicted molar refractivity (Wildman–Crippen MR) is 143 cm³/mol. The molecular formula is C27H40ClN3O. The molecule has 1 rings (SSSR count). The number of carbonyl (C=O) groups excluding carboxylic acids is 1. The summed E-state index contributed by atoms with van der Waals surface area (Å²) in [5.74, 6) is 0. The van der Waals surface area contributed by atoms with E-state index >= 15 is 0 Å². The quantitative estimate of drug-likeness (QED) is 0.113. The highest BCUT2D eigenvalue weighted by molar-refractivity contribution is 6.29. The maximum absolute atomic E-state index is 11.8. The molecule has 0 bridgehead atoms. The van der Waals surface area contributed by atoms with Crippen LogP contribution in [0, 0.1) is 6.92 Å². The van der Waals surface area contributed by atoms with E-state index in [1.54, 1.807) is 18.6 Å². The Hall–Kier alpha value is -2.46. The minimum absolute atomic E-state index is 0.476. The number of rotatable bonds is 12. The Labute approximate surface area is 200 Å². The summed E-state index contributed by atoms with van der Waals surface area (Å²) in [6, 6.07) is 11.7. The number of allylic oxidation sites excluding steroid dienone is 1. The second-order valence-corrected chi connectivity index (χ2v) is 7.34. The number of unbranched alkanes of at least 4 members (excludes halogenated alkanes) is 3. The molecule has 0 unspecified atom stereocenters. The van der Waals surface area contributed by atoms with Crippen LogP contribution in [0.3, 0.4) is 0 Å². The number of hydrogen-bond acceptors (Lipinski definition) is 3. The summed E-state index contributed by atoms with van der Waals surface area (Å²) < 4.78 is 0. The highest BCUT2D eigenvalue weighted by atomic mass is 35.5. The molecule has 0 radical (unpaired) electrons. The molecule has 1 N–H and O–H groups in total. The molecule has 176 valence electrons. The van der Waals surface area contributed by atoms with Crippen molar-refractivity contribution >= 4 is 36.1 Å². The number of anilines is 1. The van der Waals surface area contributed by atoms with Gasteiger partial charge < -0.3 is 5.32 Å². The molecule has 5 heteroatoms. The van der Waals surface area contributed by atoms with Crippen LogP contribution < -0.4 is 5.32 Å². The van der Waals surface area contributed by atoms with Crippen molar-refractivity contribution in [3.63, 3.8) is 0 Å². The lowest BCUT2D eigenvalue weighted by atomic mass is 10.0. The van der Waals surface area contributed by atoms with Gasteiger partial charge in [0.05, 0.1) is 6.34 Å². The van der Waals surface area contributed by atoms with E-state index in [-0.39, 0.29) is 0 Å². The predicted octanol–water partition coefficient (Wildman–Crippen LogP) is 8.08. The number of aldehydes is 1. The van der Waals surface area contributed by atoms with Crippen molar-refractivity contribution in [1.82, 2.24) is 0 Å². The topological polar surface area (TPSA) is 53.8 Å². The summed E-state index contributed by atoms with van der Waals surface area (Å²) in [7, 11) is 0. The van der Waals surface area contributed by atoms with Crippen molar-refractivity contribution in [2.75, 3.05) is 11.9 Å². The van der Waals surface area contributed by atoms with Gasteiger partial charge in [-0.2, -0.15) is 0 Å². The largest absolute Gasteiger partial charge is 0.346 e. The average molecular weight is 458 g/mol. The summed E-state index contributed by atoms with van der Waals surface area (Å²) in [4.78, 5) is 20.4. The number of aliphatic imine (C=N–C) groups is 2. The standard InChI is InChI=1S/C25H34ClN3O.C2H6/c1-4-6-7-11-16-27-20-29-24-15-10-8-9-13-21(3)22(18-23(24)19-30)14-12-17-28-25(26)5-2;1-2/h5,8-10,13,15,17-20H,4,6-7,11-12,14,16H2,1-3H3,(H,27,29);1-2H3/b9-8?,10-8?,13-9?,15-10?,21-13?,22-18?,22-21?,23-18?,24-15?,24-23?,25-5-,28-17-;. The minimum atomic E-state index is 0.476. The van der Waals surface area contributed by atoms with Gasteiger partial charge in [0.25, 0.3) is 0 Å². The first-order chi connectivity index (χ1) is 15.6.